The van der Waals surface area contributed by atoms with Crippen molar-refractivity contribution in [2.24, 2.45) is 11.3 Å². The first-order valence-electron chi connectivity index (χ1n) is 11.9. The van der Waals surface area contributed by atoms with Gasteiger partial charge in [0.05, 0.1) is 29.0 Å². The van der Waals surface area contributed by atoms with Crippen LogP contribution in [-0.4, -0.2) is 51.9 Å². The molecule has 192 valence electrons. The van der Waals surface area contributed by atoms with Gasteiger partial charge in [-0.2, -0.15) is 0 Å². The Hall–Kier alpha value is -2.17. The fourth-order valence-corrected chi connectivity index (χ4v) is 5.77. The zero-order valence-corrected chi connectivity index (χ0v) is 22.1. The van der Waals surface area contributed by atoms with Gasteiger partial charge in [0.25, 0.3) is 0 Å². The van der Waals surface area contributed by atoms with E-state index in [2.05, 4.69) is 17.2 Å². The maximum absolute atomic E-state index is 13.8. The molecule has 2 aromatic rings. The second-order valence-corrected chi connectivity index (χ2v) is 11.9. The third-order valence-electron chi connectivity index (χ3n) is 6.23. The maximum atomic E-state index is 13.8. The molecule has 0 radical (unpaired) electrons. The summed E-state index contributed by atoms with van der Waals surface area (Å²) in [4.78, 5) is 30.7. The Morgan fingerprint density at radius 2 is 2.00 bits per heavy atom. The summed E-state index contributed by atoms with van der Waals surface area (Å²) in [6.45, 7) is 6.46. The smallest absolute Gasteiger partial charge is 0.323 e. The van der Waals surface area contributed by atoms with Crippen molar-refractivity contribution in [3.05, 3.63) is 41.8 Å². The van der Waals surface area contributed by atoms with Crippen LogP contribution in [0.3, 0.4) is 0 Å². The molecule has 3 rings (SSSR count). The molecule has 1 aromatic carbocycles. The van der Waals surface area contributed by atoms with Crippen molar-refractivity contribution in [1.29, 1.82) is 0 Å². The minimum atomic E-state index is -0.852. The summed E-state index contributed by atoms with van der Waals surface area (Å²) < 4.78 is 20.4. The highest BCUT2D eigenvalue weighted by atomic mass is 32.2. The Balaban J connectivity index is 1.57. The van der Waals surface area contributed by atoms with Gasteiger partial charge in [-0.25, -0.2) is 14.2 Å². The van der Waals surface area contributed by atoms with Gasteiger partial charge in [-0.3, -0.25) is 10.1 Å². The van der Waals surface area contributed by atoms with Crippen LogP contribution in [0, 0.1) is 17.2 Å². The third kappa shape index (κ3) is 8.18. The molecule has 0 bridgehead atoms. The Morgan fingerprint density at radius 1 is 1.29 bits per heavy atom. The summed E-state index contributed by atoms with van der Waals surface area (Å²) >= 11 is 2.75. The van der Waals surface area contributed by atoms with E-state index in [0.717, 1.165) is 29.9 Å². The molecule has 1 aliphatic carbocycles. The molecule has 1 fully saturated rings. The van der Waals surface area contributed by atoms with Crippen molar-refractivity contribution >= 4 is 40.2 Å². The van der Waals surface area contributed by atoms with Gasteiger partial charge in [-0.1, -0.05) is 36.5 Å². The fourth-order valence-electron chi connectivity index (χ4n) is 3.82. The van der Waals surface area contributed by atoms with Crippen LogP contribution in [0.2, 0.25) is 0 Å². The van der Waals surface area contributed by atoms with E-state index < -0.39 is 11.4 Å². The lowest BCUT2D eigenvalue weighted by atomic mass is 9.86. The van der Waals surface area contributed by atoms with Gasteiger partial charge in [-0.05, 0) is 51.5 Å². The monoisotopic (exact) mass is 523 g/mol. The van der Waals surface area contributed by atoms with Gasteiger partial charge in [0.1, 0.15) is 5.82 Å². The molecule has 1 aromatic heterocycles. The first-order chi connectivity index (χ1) is 16.7. The number of rotatable bonds is 11. The largest absolute Gasteiger partial charge is 0.481 e. The molecule has 0 unspecified atom stereocenters. The number of aromatic nitrogens is 1. The summed E-state index contributed by atoms with van der Waals surface area (Å²) in [7, 11) is 0. The molecule has 0 spiro atoms. The number of anilines is 1. The Bertz CT molecular complexity index is 993. The number of nitrogens with one attached hydrogen (secondary N) is 1. The number of nitrogens with zero attached hydrogens (tertiary/aromatic N) is 2. The van der Waals surface area contributed by atoms with Crippen LogP contribution in [0.15, 0.2) is 34.7 Å². The number of benzene rings is 1. The molecular weight excluding hydrogens is 489 g/mol. The number of amides is 2. The van der Waals surface area contributed by atoms with Crippen LogP contribution in [0.1, 0.15) is 52.0 Å². The number of urea groups is 1. The van der Waals surface area contributed by atoms with Crippen molar-refractivity contribution in [3.63, 3.8) is 0 Å². The lowest BCUT2D eigenvalue weighted by Gasteiger charge is -2.36. The topological polar surface area (TPSA) is 91.8 Å². The van der Waals surface area contributed by atoms with Crippen LogP contribution in [0.4, 0.5) is 14.3 Å². The zero-order valence-electron chi connectivity index (χ0n) is 20.5. The van der Waals surface area contributed by atoms with Crippen molar-refractivity contribution in [2.45, 2.75) is 63.3 Å². The van der Waals surface area contributed by atoms with Gasteiger partial charge in [-0.15, -0.1) is 11.8 Å². The molecule has 35 heavy (non-hydrogen) atoms. The van der Waals surface area contributed by atoms with Gasteiger partial charge in [0, 0.05) is 23.9 Å². The van der Waals surface area contributed by atoms with Gasteiger partial charge in [0.2, 0.25) is 0 Å². The molecule has 1 aliphatic rings. The first-order valence-corrected chi connectivity index (χ1v) is 13.7. The summed E-state index contributed by atoms with van der Waals surface area (Å²) in [6, 6.07) is 6.41. The van der Waals surface area contributed by atoms with Crippen LogP contribution >= 0.6 is 23.1 Å². The normalized spacial score (nSPS) is 18.3. The van der Waals surface area contributed by atoms with E-state index in [-0.39, 0.29) is 24.5 Å². The van der Waals surface area contributed by atoms with Gasteiger partial charge >= 0.3 is 12.0 Å². The number of carbonyl (C=O) groups is 2. The summed E-state index contributed by atoms with van der Waals surface area (Å²) in [5, 5.41) is 12.7. The average Bonchev–Trinajstić information content (AvgIpc) is 3.27. The molecule has 1 heterocycles. The number of carboxylic acids is 1. The van der Waals surface area contributed by atoms with Crippen molar-refractivity contribution in [1.82, 2.24) is 9.88 Å². The summed E-state index contributed by atoms with van der Waals surface area (Å²) in [6.07, 6.45) is 5.67. The van der Waals surface area contributed by atoms with E-state index in [9.17, 15) is 19.1 Å². The minimum absolute atomic E-state index is 0.119. The number of carbonyl (C=O) groups excluding carboxylic acids is 1. The van der Waals surface area contributed by atoms with E-state index in [4.69, 9.17) is 4.74 Å². The molecule has 0 saturated heterocycles. The van der Waals surface area contributed by atoms with Crippen molar-refractivity contribution in [2.75, 3.05) is 24.2 Å². The Morgan fingerprint density at radius 3 is 2.69 bits per heavy atom. The Labute approximate surface area is 214 Å². The molecule has 10 heteroatoms. The molecule has 7 nitrogen and oxygen atoms in total. The number of hydrogen-bond donors (Lipinski definition) is 2. The zero-order chi connectivity index (χ0) is 25.4. The van der Waals surface area contributed by atoms with Crippen molar-refractivity contribution in [3.8, 4) is 0 Å². The number of halogens is 1. The standard InChI is InChI=1S/C25H34FN3O4S2/c1-17-8-10-19(11-9-17)29(12-13-33-15-18-6-4-5-7-20(18)26)24(32)28-23-27-14-21(35-23)34-16-25(2,3)22(30)31/h4-7,14,17,19H,8-13,15-16H2,1-3H3,(H,30,31)(H,27,28,32)/t17-,19-. The van der Waals surface area contributed by atoms with Crippen LogP contribution in [-0.2, 0) is 16.1 Å². The predicted octanol–water partition coefficient (Wildman–Crippen LogP) is 6.11. The number of carboxylic acid groups (broad SMARTS) is 1. The number of thiazole rings is 1. The SMILES string of the molecule is CC(C)(CSc1cnc(NC(=O)N(CCOCc2ccccc2F)[C@H]2CC[C@H](C)CC2)s1)C(=O)O. The van der Waals surface area contributed by atoms with Gasteiger partial charge < -0.3 is 14.7 Å². The number of aliphatic carboxylic acids is 1. The number of thioether (sulfide) groups is 1. The number of hydrogen-bond acceptors (Lipinski definition) is 6. The van der Waals surface area contributed by atoms with E-state index in [1.54, 1.807) is 38.2 Å². The lowest BCUT2D eigenvalue weighted by molar-refractivity contribution is -0.145. The van der Waals surface area contributed by atoms with E-state index in [0.29, 0.717) is 35.5 Å². The third-order valence-corrected chi connectivity index (χ3v) is 8.80. The fraction of sp³-hybridized carbons (Fsp3) is 0.560. The predicted molar refractivity (Wildman–Crippen MR) is 137 cm³/mol. The minimum Gasteiger partial charge on any atom is -0.481 e. The van der Waals surface area contributed by atoms with Crippen molar-refractivity contribution < 1.29 is 23.8 Å². The lowest BCUT2D eigenvalue weighted by Crippen LogP contribution is -2.46. The highest BCUT2D eigenvalue weighted by molar-refractivity contribution is 8.01. The molecule has 0 aliphatic heterocycles. The quantitative estimate of drug-likeness (QED) is 0.273. The van der Waals surface area contributed by atoms with E-state index in [1.165, 1.54) is 29.2 Å². The number of ether oxygens (including phenoxy) is 1. The molecule has 2 N–H and O–H groups in total. The second-order valence-electron chi connectivity index (χ2n) is 9.64. The van der Waals surface area contributed by atoms with Crippen LogP contribution < -0.4 is 5.32 Å². The highest BCUT2D eigenvalue weighted by Crippen LogP contribution is 2.34. The average molecular weight is 524 g/mol. The van der Waals surface area contributed by atoms with Gasteiger partial charge in [0.15, 0.2) is 5.13 Å². The molecule has 0 atom stereocenters. The highest BCUT2D eigenvalue weighted by Gasteiger charge is 2.29. The second kappa shape index (κ2) is 12.7. The summed E-state index contributed by atoms with van der Waals surface area (Å²) in [5.74, 6) is -0.0868. The Kier molecular flexibility index (Phi) is 9.94. The maximum Gasteiger partial charge on any atom is 0.323 e. The van der Waals surface area contributed by atoms with Crippen LogP contribution in [0.25, 0.3) is 0 Å². The summed E-state index contributed by atoms with van der Waals surface area (Å²) in [5.41, 5.74) is -0.357. The molecule has 2 amide bonds. The molecule has 1 saturated carbocycles. The van der Waals surface area contributed by atoms with Crippen LogP contribution in [0.5, 0.6) is 0 Å². The van der Waals surface area contributed by atoms with E-state index >= 15 is 0 Å². The first kappa shape index (κ1) is 27.4. The van der Waals surface area contributed by atoms with E-state index in [1.807, 2.05) is 4.90 Å². The molecular formula is C25H34FN3O4S2.